The van der Waals surface area contributed by atoms with Crippen LogP contribution >= 0.6 is 0 Å². The molecule has 0 bridgehead atoms. The third-order valence-corrected chi connectivity index (χ3v) is 4.38. The molecule has 0 radical (unpaired) electrons. The number of aromatic nitrogens is 1. The number of carbonyl (C=O) groups is 3. The number of nitrogens with zero attached hydrogens (tertiary/aromatic N) is 1. The molecule has 0 saturated heterocycles. The maximum absolute atomic E-state index is 13.2. The number of ether oxygens (including phenoxy) is 3. The van der Waals surface area contributed by atoms with Gasteiger partial charge in [0.2, 0.25) is 0 Å². The predicted octanol–water partition coefficient (Wildman–Crippen LogP) is 3.19. The maximum atomic E-state index is 13.2. The lowest BCUT2D eigenvalue weighted by Gasteiger charge is -2.24. The number of Topliss-reactive ketones (excluding diaryl/α,β-unsaturated/α-hetero) is 1. The SMILES string of the molecule is CCOC(=O)C[C@H](c1ccc(OC)cc1)[C@@H](C(=O)OCC)C(=O)c1ccccn1. The molecule has 7 nitrogen and oxygen atoms in total. The monoisotopic (exact) mass is 399 g/mol. The van der Waals surface area contributed by atoms with Crippen LogP contribution in [-0.4, -0.2) is 43.0 Å². The zero-order chi connectivity index (χ0) is 21.2. The second kappa shape index (κ2) is 10.9. The van der Waals surface area contributed by atoms with Gasteiger partial charge in [-0.1, -0.05) is 18.2 Å². The van der Waals surface area contributed by atoms with E-state index in [0.717, 1.165) is 0 Å². The van der Waals surface area contributed by atoms with Gasteiger partial charge in [-0.15, -0.1) is 0 Å². The van der Waals surface area contributed by atoms with Crippen molar-refractivity contribution in [3.63, 3.8) is 0 Å². The Morgan fingerprint density at radius 3 is 2.21 bits per heavy atom. The molecule has 0 aliphatic carbocycles. The Hall–Kier alpha value is -3.22. The Morgan fingerprint density at radius 2 is 1.66 bits per heavy atom. The summed E-state index contributed by atoms with van der Waals surface area (Å²) in [6, 6.07) is 11.7. The zero-order valence-electron chi connectivity index (χ0n) is 16.8. The fraction of sp³-hybridized carbons (Fsp3) is 0.364. The van der Waals surface area contributed by atoms with Crippen LogP contribution in [0.1, 0.15) is 42.2 Å². The predicted molar refractivity (Wildman–Crippen MR) is 106 cm³/mol. The summed E-state index contributed by atoms with van der Waals surface area (Å²) in [6.45, 7) is 3.67. The van der Waals surface area contributed by atoms with Crippen molar-refractivity contribution in [3.8, 4) is 5.75 Å². The third-order valence-electron chi connectivity index (χ3n) is 4.38. The van der Waals surface area contributed by atoms with Crippen molar-refractivity contribution in [2.45, 2.75) is 26.2 Å². The Kier molecular flexibility index (Phi) is 8.33. The summed E-state index contributed by atoms with van der Waals surface area (Å²) in [7, 11) is 1.54. The van der Waals surface area contributed by atoms with E-state index in [1.807, 2.05) is 0 Å². The Morgan fingerprint density at radius 1 is 0.966 bits per heavy atom. The van der Waals surface area contributed by atoms with Crippen molar-refractivity contribution < 1.29 is 28.6 Å². The van der Waals surface area contributed by atoms with Gasteiger partial charge in [-0.3, -0.25) is 19.4 Å². The number of esters is 2. The van der Waals surface area contributed by atoms with Gasteiger partial charge in [0, 0.05) is 12.1 Å². The molecular weight excluding hydrogens is 374 g/mol. The molecule has 1 heterocycles. The van der Waals surface area contributed by atoms with E-state index in [1.54, 1.807) is 50.2 Å². The molecule has 0 amide bonds. The number of carbonyl (C=O) groups excluding carboxylic acids is 3. The minimum Gasteiger partial charge on any atom is -0.497 e. The zero-order valence-corrected chi connectivity index (χ0v) is 16.8. The van der Waals surface area contributed by atoms with Crippen molar-refractivity contribution in [3.05, 3.63) is 59.9 Å². The number of pyridine rings is 1. The topological polar surface area (TPSA) is 91.8 Å². The first-order valence-corrected chi connectivity index (χ1v) is 9.43. The van der Waals surface area contributed by atoms with Crippen molar-refractivity contribution in [1.29, 1.82) is 0 Å². The molecule has 2 aromatic rings. The molecule has 7 heteroatoms. The lowest BCUT2D eigenvalue weighted by atomic mass is 9.80. The molecular formula is C22H25NO6. The largest absolute Gasteiger partial charge is 0.497 e. The Bertz CT molecular complexity index is 819. The molecule has 0 aliphatic heterocycles. The first-order valence-electron chi connectivity index (χ1n) is 9.43. The number of benzene rings is 1. The fourth-order valence-corrected chi connectivity index (χ4v) is 3.03. The van der Waals surface area contributed by atoms with Gasteiger partial charge in [0.25, 0.3) is 0 Å². The van der Waals surface area contributed by atoms with E-state index in [2.05, 4.69) is 4.98 Å². The number of methoxy groups -OCH3 is 1. The van der Waals surface area contributed by atoms with Gasteiger partial charge in [0.1, 0.15) is 17.4 Å². The highest BCUT2D eigenvalue weighted by atomic mass is 16.5. The quantitative estimate of drug-likeness (QED) is 0.344. The maximum Gasteiger partial charge on any atom is 0.317 e. The number of ketones is 1. The smallest absolute Gasteiger partial charge is 0.317 e. The third kappa shape index (κ3) is 5.88. The standard InChI is InChI=1S/C22H25NO6/c1-4-28-19(24)14-17(15-9-11-16(27-3)12-10-15)20(22(26)29-5-2)21(25)18-8-6-7-13-23-18/h6-13,17,20H,4-5,14H2,1-3H3/t17-,20-/m1/s1. The van der Waals surface area contributed by atoms with Crippen LogP contribution in [0.2, 0.25) is 0 Å². The molecule has 1 aromatic carbocycles. The normalized spacial score (nSPS) is 12.5. The number of hydrogen-bond donors (Lipinski definition) is 0. The van der Waals surface area contributed by atoms with Gasteiger partial charge in [-0.2, -0.15) is 0 Å². The molecule has 29 heavy (non-hydrogen) atoms. The van der Waals surface area contributed by atoms with Crippen LogP contribution < -0.4 is 4.74 Å². The van der Waals surface area contributed by atoms with E-state index in [-0.39, 0.29) is 25.3 Å². The molecule has 0 unspecified atom stereocenters. The van der Waals surface area contributed by atoms with Gasteiger partial charge in [0.05, 0.1) is 26.7 Å². The van der Waals surface area contributed by atoms with E-state index in [9.17, 15) is 14.4 Å². The van der Waals surface area contributed by atoms with Crippen LogP contribution in [0.4, 0.5) is 0 Å². The van der Waals surface area contributed by atoms with E-state index >= 15 is 0 Å². The van der Waals surface area contributed by atoms with Crippen LogP contribution in [0.25, 0.3) is 0 Å². The van der Waals surface area contributed by atoms with Crippen LogP contribution in [0.5, 0.6) is 5.75 Å². The van der Waals surface area contributed by atoms with Crippen LogP contribution in [-0.2, 0) is 19.1 Å². The minimum absolute atomic E-state index is 0.111. The lowest BCUT2D eigenvalue weighted by molar-refractivity contribution is -0.148. The number of rotatable bonds is 10. The van der Waals surface area contributed by atoms with Gasteiger partial charge >= 0.3 is 11.9 Å². The van der Waals surface area contributed by atoms with Crippen LogP contribution in [0.3, 0.4) is 0 Å². The van der Waals surface area contributed by atoms with Gasteiger partial charge in [-0.05, 0) is 43.7 Å². The average molecular weight is 399 g/mol. The van der Waals surface area contributed by atoms with E-state index < -0.39 is 29.6 Å². The van der Waals surface area contributed by atoms with Crippen LogP contribution in [0, 0.1) is 5.92 Å². The second-order valence-electron chi connectivity index (χ2n) is 6.20. The molecule has 0 spiro atoms. The highest BCUT2D eigenvalue weighted by Crippen LogP contribution is 2.33. The number of hydrogen-bond acceptors (Lipinski definition) is 7. The lowest BCUT2D eigenvalue weighted by Crippen LogP contribution is -2.34. The van der Waals surface area contributed by atoms with Crippen molar-refractivity contribution in [2.75, 3.05) is 20.3 Å². The average Bonchev–Trinajstić information content (AvgIpc) is 2.74. The molecule has 0 saturated carbocycles. The molecule has 0 fully saturated rings. The summed E-state index contributed by atoms with van der Waals surface area (Å²) < 4.78 is 15.4. The van der Waals surface area contributed by atoms with Gasteiger partial charge < -0.3 is 14.2 Å². The van der Waals surface area contributed by atoms with Crippen molar-refractivity contribution in [1.82, 2.24) is 4.98 Å². The van der Waals surface area contributed by atoms with E-state index in [4.69, 9.17) is 14.2 Å². The summed E-state index contributed by atoms with van der Waals surface area (Å²) >= 11 is 0. The summed E-state index contributed by atoms with van der Waals surface area (Å²) in [5.74, 6) is -3.09. The molecule has 0 N–H and O–H groups in total. The second-order valence-corrected chi connectivity index (χ2v) is 6.20. The fourth-order valence-electron chi connectivity index (χ4n) is 3.03. The highest BCUT2D eigenvalue weighted by molar-refractivity contribution is 6.08. The van der Waals surface area contributed by atoms with Crippen molar-refractivity contribution >= 4 is 17.7 Å². The van der Waals surface area contributed by atoms with Gasteiger partial charge in [-0.25, -0.2) is 0 Å². The first-order chi connectivity index (χ1) is 14.0. The molecule has 2 atom stereocenters. The Balaban J connectivity index is 2.50. The van der Waals surface area contributed by atoms with Gasteiger partial charge in [0.15, 0.2) is 5.78 Å². The molecule has 1 aromatic heterocycles. The summed E-state index contributed by atoms with van der Waals surface area (Å²) in [4.78, 5) is 42.3. The van der Waals surface area contributed by atoms with E-state index in [1.165, 1.54) is 19.4 Å². The minimum atomic E-state index is -1.23. The Labute approximate surface area is 170 Å². The molecule has 0 aliphatic rings. The van der Waals surface area contributed by atoms with Crippen molar-refractivity contribution in [2.24, 2.45) is 5.92 Å². The summed E-state index contributed by atoms with van der Waals surface area (Å²) in [5.41, 5.74) is 0.758. The summed E-state index contributed by atoms with van der Waals surface area (Å²) in [6.07, 6.45) is 1.32. The first kappa shape index (κ1) is 22.1. The van der Waals surface area contributed by atoms with E-state index in [0.29, 0.717) is 11.3 Å². The summed E-state index contributed by atoms with van der Waals surface area (Å²) in [5, 5.41) is 0. The highest BCUT2D eigenvalue weighted by Gasteiger charge is 2.39. The molecule has 154 valence electrons. The molecule has 2 rings (SSSR count). The van der Waals surface area contributed by atoms with Crippen LogP contribution in [0.15, 0.2) is 48.7 Å².